The number of anilines is 1. The Morgan fingerprint density at radius 3 is 2.69 bits per heavy atom. The van der Waals surface area contributed by atoms with E-state index in [1.807, 2.05) is 12.1 Å². The summed E-state index contributed by atoms with van der Waals surface area (Å²) in [4.78, 5) is 13.7. The van der Waals surface area contributed by atoms with Crippen LogP contribution in [0.4, 0.5) is 19.0 Å². The molecule has 2 bridgehead atoms. The molecule has 220 valence electrons. The van der Waals surface area contributed by atoms with Gasteiger partial charge in [0.15, 0.2) is 0 Å². The molecule has 3 aromatic heterocycles. The second kappa shape index (κ2) is 10.0. The van der Waals surface area contributed by atoms with Gasteiger partial charge in [0.05, 0.1) is 23.8 Å². The van der Waals surface area contributed by atoms with Crippen LogP contribution in [0.5, 0.6) is 5.75 Å². The lowest BCUT2D eigenvalue weighted by molar-refractivity contribution is -0.274. The summed E-state index contributed by atoms with van der Waals surface area (Å²) in [6.45, 7) is 2.40. The Kier molecular flexibility index (Phi) is 6.41. The number of hydrogen-bond acceptors (Lipinski definition) is 7. The fourth-order valence-electron chi connectivity index (χ4n) is 6.62. The van der Waals surface area contributed by atoms with E-state index < -0.39 is 12.3 Å². The van der Waals surface area contributed by atoms with Gasteiger partial charge in [0, 0.05) is 35.3 Å². The van der Waals surface area contributed by atoms with Crippen molar-refractivity contribution in [2.45, 2.75) is 76.1 Å². The first kappa shape index (κ1) is 26.8. The van der Waals surface area contributed by atoms with E-state index in [9.17, 15) is 23.1 Å². The molecule has 0 spiro atoms. The third-order valence-corrected chi connectivity index (χ3v) is 8.64. The van der Waals surface area contributed by atoms with Crippen molar-refractivity contribution in [3.05, 3.63) is 65.5 Å². The number of ether oxygens (including phenoxy) is 2. The normalized spacial score (nSPS) is 24.0. The Labute approximate surface area is 238 Å². The van der Waals surface area contributed by atoms with E-state index in [4.69, 9.17) is 14.4 Å². The van der Waals surface area contributed by atoms with Crippen LogP contribution >= 0.6 is 0 Å². The van der Waals surface area contributed by atoms with Crippen LogP contribution in [0.1, 0.15) is 66.6 Å². The number of carboxylic acid groups (broad SMARTS) is 1. The first-order valence-corrected chi connectivity index (χ1v) is 14.1. The monoisotopic (exact) mass is 582 g/mol. The fourth-order valence-corrected chi connectivity index (χ4v) is 6.62. The van der Waals surface area contributed by atoms with Crippen LogP contribution in [0.25, 0.3) is 16.8 Å². The minimum absolute atomic E-state index is 0.0633. The summed E-state index contributed by atoms with van der Waals surface area (Å²) in [5.74, 6) is 0.738. The SMILES string of the molecule is C[C@@H]1CC2CC(OCc3c(-c4ccccc4OC(F)(F)F)noc3C3CC3)CC1N2c1ccc2cc(C(=O)O)cn2n1. The molecule has 5 heterocycles. The highest BCUT2D eigenvalue weighted by Crippen LogP contribution is 2.47. The number of piperidine rings is 1. The molecule has 0 radical (unpaired) electrons. The Bertz CT molecular complexity index is 1650. The molecule has 3 aliphatic rings. The van der Waals surface area contributed by atoms with Gasteiger partial charge in [-0.2, -0.15) is 5.10 Å². The molecule has 3 fully saturated rings. The number of para-hydroxylation sites is 1. The number of alkyl halides is 3. The van der Waals surface area contributed by atoms with Crippen LogP contribution in [-0.2, 0) is 11.3 Å². The summed E-state index contributed by atoms with van der Waals surface area (Å²) in [5.41, 5.74) is 2.11. The van der Waals surface area contributed by atoms with Gasteiger partial charge < -0.3 is 24.0 Å². The number of aromatic carboxylic acids is 1. The Balaban J connectivity index is 1.11. The highest BCUT2D eigenvalue weighted by molar-refractivity contribution is 5.89. The molecule has 4 atom stereocenters. The van der Waals surface area contributed by atoms with Gasteiger partial charge in [-0.25, -0.2) is 9.31 Å². The standard InChI is InChI=1S/C30H29F3N4O5/c1-16-10-20-12-21(13-24(16)37(20)26-9-8-19-11-18(29(38)39)14-36(19)34-26)40-15-23-27(35-42-28(23)17-6-7-17)22-4-2-3-5-25(22)41-30(31,32)33/h2-5,8-9,11,14,16-17,20-21,24H,6-7,10,12-13,15H2,1H3,(H,38,39)/t16-,20?,21?,24?/m1/s1. The van der Waals surface area contributed by atoms with Crippen molar-refractivity contribution in [2.75, 3.05) is 4.90 Å². The quantitative estimate of drug-likeness (QED) is 0.254. The summed E-state index contributed by atoms with van der Waals surface area (Å²) in [6, 6.07) is 11.7. The van der Waals surface area contributed by atoms with Crippen LogP contribution in [0.2, 0.25) is 0 Å². The van der Waals surface area contributed by atoms with Crippen LogP contribution in [0.15, 0.2) is 53.2 Å². The summed E-state index contributed by atoms with van der Waals surface area (Å²) in [6.07, 6.45) is 1.00. The fraction of sp³-hybridized carbons (Fsp3) is 0.433. The van der Waals surface area contributed by atoms with E-state index in [0.29, 0.717) is 28.5 Å². The molecule has 42 heavy (non-hydrogen) atoms. The maximum absolute atomic E-state index is 13.1. The molecule has 1 saturated carbocycles. The lowest BCUT2D eigenvalue weighted by Gasteiger charge is -2.40. The summed E-state index contributed by atoms with van der Waals surface area (Å²) < 4.78 is 57.4. The number of benzene rings is 1. The molecule has 2 aliphatic heterocycles. The molecule has 1 aromatic carbocycles. The smallest absolute Gasteiger partial charge is 0.478 e. The topological polar surface area (TPSA) is 102 Å². The highest BCUT2D eigenvalue weighted by Gasteiger charge is 2.46. The Hall–Kier alpha value is -4.06. The number of carbonyl (C=O) groups is 1. The third kappa shape index (κ3) is 4.97. The summed E-state index contributed by atoms with van der Waals surface area (Å²) in [7, 11) is 0. The molecule has 0 amide bonds. The van der Waals surface area contributed by atoms with Crippen LogP contribution in [0, 0.1) is 5.92 Å². The highest BCUT2D eigenvalue weighted by atomic mass is 19.4. The maximum atomic E-state index is 13.1. The van der Waals surface area contributed by atoms with Gasteiger partial charge in [-0.05, 0) is 68.4 Å². The molecule has 3 unspecified atom stereocenters. The molecule has 7 rings (SSSR count). The van der Waals surface area contributed by atoms with Crippen molar-refractivity contribution in [2.24, 2.45) is 5.92 Å². The average molecular weight is 583 g/mol. The van der Waals surface area contributed by atoms with Crippen molar-refractivity contribution >= 4 is 17.3 Å². The molecular weight excluding hydrogens is 553 g/mol. The second-order valence-electron chi connectivity index (χ2n) is 11.5. The number of halogens is 3. The van der Waals surface area contributed by atoms with E-state index in [1.165, 1.54) is 18.3 Å². The van der Waals surface area contributed by atoms with E-state index in [1.54, 1.807) is 22.7 Å². The van der Waals surface area contributed by atoms with Crippen molar-refractivity contribution in [3.63, 3.8) is 0 Å². The maximum Gasteiger partial charge on any atom is 0.573 e. The van der Waals surface area contributed by atoms with Crippen LogP contribution in [-0.4, -0.2) is 50.4 Å². The molecule has 1 N–H and O–H groups in total. The minimum Gasteiger partial charge on any atom is -0.478 e. The lowest BCUT2D eigenvalue weighted by atomic mass is 9.97. The van der Waals surface area contributed by atoms with Crippen molar-refractivity contribution < 1.29 is 37.1 Å². The number of hydrogen-bond donors (Lipinski definition) is 1. The first-order valence-electron chi connectivity index (χ1n) is 14.1. The number of nitrogens with zero attached hydrogens (tertiary/aromatic N) is 4. The molecule has 9 nitrogen and oxygen atoms in total. The van der Waals surface area contributed by atoms with Crippen molar-refractivity contribution in [1.82, 2.24) is 14.8 Å². The van der Waals surface area contributed by atoms with Crippen LogP contribution < -0.4 is 9.64 Å². The summed E-state index contributed by atoms with van der Waals surface area (Å²) in [5, 5.41) is 18.3. The average Bonchev–Trinajstić information content (AvgIpc) is 3.48. The van der Waals surface area contributed by atoms with Crippen molar-refractivity contribution in [1.29, 1.82) is 0 Å². The predicted molar refractivity (Wildman–Crippen MR) is 144 cm³/mol. The second-order valence-corrected chi connectivity index (χ2v) is 11.5. The van der Waals surface area contributed by atoms with Crippen molar-refractivity contribution in [3.8, 4) is 17.0 Å². The Morgan fingerprint density at radius 1 is 1.14 bits per heavy atom. The largest absolute Gasteiger partial charge is 0.573 e. The number of aromatic nitrogens is 3. The van der Waals surface area contributed by atoms with E-state index in [0.717, 1.165) is 37.9 Å². The van der Waals surface area contributed by atoms with E-state index in [2.05, 4.69) is 21.7 Å². The predicted octanol–water partition coefficient (Wildman–Crippen LogP) is 6.43. The van der Waals surface area contributed by atoms with Gasteiger partial charge in [0.1, 0.15) is 23.0 Å². The molecule has 1 aliphatic carbocycles. The lowest BCUT2D eigenvalue weighted by Crippen LogP contribution is -2.47. The zero-order valence-corrected chi connectivity index (χ0v) is 22.8. The molecule has 2 saturated heterocycles. The molecular formula is C30H29F3N4O5. The molecule has 12 heteroatoms. The van der Waals surface area contributed by atoms with Gasteiger partial charge >= 0.3 is 12.3 Å². The van der Waals surface area contributed by atoms with E-state index in [-0.39, 0.29) is 47.6 Å². The minimum atomic E-state index is -4.83. The van der Waals surface area contributed by atoms with Gasteiger partial charge in [-0.3, -0.25) is 0 Å². The zero-order chi connectivity index (χ0) is 29.2. The zero-order valence-electron chi connectivity index (χ0n) is 22.8. The van der Waals surface area contributed by atoms with Gasteiger partial charge in [0.25, 0.3) is 0 Å². The number of carboxylic acids is 1. The van der Waals surface area contributed by atoms with Crippen LogP contribution in [0.3, 0.4) is 0 Å². The third-order valence-electron chi connectivity index (χ3n) is 8.64. The number of rotatable bonds is 8. The van der Waals surface area contributed by atoms with Gasteiger partial charge in [-0.1, -0.05) is 24.2 Å². The summed E-state index contributed by atoms with van der Waals surface area (Å²) >= 11 is 0. The molecule has 4 aromatic rings. The van der Waals surface area contributed by atoms with E-state index >= 15 is 0 Å². The number of fused-ring (bicyclic) bond motifs is 3. The van der Waals surface area contributed by atoms with Gasteiger partial charge in [-0.15, -0.1) is 13.2 Å². The Morgan fingerprint density at radius 2 is 1.95 bits per heavy atom. The first-order chi connectivity index (χ1) is 20.1. The van der Waals surface area contributed by atoms with Gasteiger partial charge in [0.2, 0.25) is 0 Å².